The second kappa shape index (κ2) is 7.33. The van der Waals surface area contributed by atoms with Gasteiger partial charge >= 0.3 is 0 Å². The lowest BCUT2D eigenvalue weighted by atomic mass is 9.96. The van der Waals surface area contributed by atoms with E-state index in [1.807, 2.05) is 12.1 Å². The Balaban J connectivity index is 2.07. The van der Waals surface area contributed by atoms with Crippen molar-refractivity contribution in [2.45, 2.75) is 52.1 Å². The highest BCUT2D eigenvalue weighted by Gasteiger charge is 2.18. The fourth-order valence-electron chi connectivity index (χ4n) is 3.14. The summed E-state index contributed by atoms with van der Waals surface area (Å²) in [4.78, 5) is 2.41. The van der Waals surface area contributed by atoms with E-state index in [9.17, 15) is 5.11 Å². The zero-order chi connectivity index (χ0) is 14.5. The summed E-state index contributed by atoms with van der Waals surface area (Å²) in [6, 6.07) is 5.95. The molecule has 2 nitrogen and oxygen atoms in total. The molecule has 1 aliphatic heterocycles. The molecule has 0 amide bonds. The summed E-state index contributed by atoms with van der Waals surface area (Å²) in [6.07, 6.45) is 6.03. The van der Waals surface area contributed by atoms with Gasteiger partial charge in [0, 0.05) is 13.1 Å². The zero-order valence-corrected chi connectivity index (χ0v) is 13.4. The third-order valence-corrected chi connectivity index (χ3v) is 4.64. The van der Waals surface area contributed by atoms with E-state index in [2.05, 4.69) is 17.9 Å². The standard InChI is InChI=1S/C17H26ClNO/c1-3-5-14-6-4-10-19(11-9-14)17-8-7-15(13(2)20)12-16(17)18/h7-8,12-14,20H,3-6,9-11H2,1-2H3/t13-,14?/m1/s1. The SMILES string of the molecule is CCCC1CCCN(c2ccc([C@@H](C)O)cc2Cl)CC1. The van der Waals surface area contributed by atoms with Gasteiger partial charge < -0.3 is 10.0 Å². The lowest BCUT2D eigenvalue weighted by Crippen LogP contribution is -2.24. The van der Waals surface area contributed by atoms with Crippen LogP contribution in [0.2, 0.25) is 5.02 Å². The first-order valence-electron chi connectivity index (χ1n) is 7.84. The third-order valence-electron chi connectivity index (χ3n) is 4.34. The van der Waals surface area contributed by atoms with Crippen LogP contribution < -0.4 is 4.90 Å². The number of nitrogens with zero attached hydrogens (tertiary/aromatic N) is 1. The summed E-state index contributed by atoms with van der Waals surface area (Å²) in [5, 5.41) is 10.4. The Bertz CT molecular complexity index is 433. The Labute approximate surface area is 127 Å². The predicted molar refractivity (Wildman–Crippen MR) is 86.5 cm³/mol. The Morgan fingerprint density at radius 1 is 1.35 bits per heavy atom. The van der Waals surface area contributed by atoms with Gasteiger partial charge in [-0.2, -0.15) is 0 Å². The third kappa shape index (κ3) is 3.89. The van der Waals surface area contributed by atoms with E-state index < -0.39 is 6.10 Å². The molecule has 2 rings (SSSR count). The van der Waals surface area contributed by atoms with E-state index in [4.69, 9.17) is 11.6 Å². The molecule has 1 fully saturated rings. The van der Waals surface area contributed by atoms with Crippen molar-refractivity contribution in [2.24, 2.45) is 5.92 Å². The lowest BCUT2D eigenvalue weighted by Gasteiger charge is -2.24. The highest BCUT2D eigenvalue weighted by atomic mass is 35.5. The maximum absolute atomic E-state index is 9.62. The summed E-state index contributed by atoms with van der Waals surface area (Å²) in [5.41, 5.74) is 2.01. The van der Waals surface area contributed by atoms with Crippen LogP contribution in [0.5, 0.6) is 0 Å². The first-order valence-corrected chi connectivity index (χ1v) is 8.22. The van der Waals surface area contributed by atoms with E-state index in [1.165, 1.54) is 32.1 Å². The number of halogens is 1. The fourth-order valence-corrected chi connectivity index (χ4v) is 3.45. The Morgan fingerprint density at radius 3 is 2.80 bits per heavy atom. The molecule has 1 heterocycles. The van der Waals surface area contributed by atoms with Gasteiger partial charge in [0.1, 0.15) is 0 Å². The van der Waals surface area contributed by atoms with Crippen LogP contribution in [0.15, 0.2) is 18.2 Å². The first-order chi connectivity index (χ1) is 9.61. The normalized spacial score (nSPS) is 21.6. The molecule has 2 atom stereocenters. The molecule has 1 aromatic rings. The van der Waals surface area contributed by atoms with Crippen molar-refractivity contribution >= 4 is 17.3 Å². The van der Waals surface area contributed by atoms with Crippen LogP contribution in [0.4, 0.5) is 5.69 Å². The van der Waals surface area contributed by atoms with Crippen LogP contribution in [-0.4, -0.2) is 18.2 Å². The Morgan fingerprint density at radius 2 is 2.15 bits per heavy atom. The summed E-state index contributed by atoms with van der Waals surface area (Å²) in [6.45, 7) is 6.23. The van der Waals surface area contributed by atoms with Crippen molar-refractivity contribution in [3.63, 3.8) is 0 Å². The average Bonchev–Trinajstić information content (AvgIpc) is 2.65. The zero-order valence-electron chi connectivity index (χ0n) is 12.6. The predicted octanol–water partition coefficient (Wildman–Crippen LogP) is 4.80. The molecular formula is C17H26ClNO. The molecule has 0 radical (unpaired) electrons. The molecular weight excluding hydrogens is 270 g/mol. The highest BCUT2D eigenvalue weighted by Crippen LogP contribution is 2.32. The van der Waals surface area contributed by atoms with Crippen molar-refractivity contribution in [3.05, 3.63) is 28.8 Å². The van der Waals surface area contributed by atoms with Crippen LogP contribution in [0.25, 0.3) is 0 Å². The van der Waals surface area contributed by atoms with E-state index in [-0.39, 0.29) is 0 Å². The topological polar surface area (TPSA) is 23.5 Å². The molecule has 0 saturated carbocycles. The molecule has 0 spiro atoms. The molecule has 1 N–H and O–H groups in total. The Kier molecular flexibility index (Phi) is 5.74. The summed E-state index contributed by atoms with van der Waals surface area (Å²) in [7, 11) is 0. The molecule has 1 aromatic carbocycles. The maximum atomic E-state index is 9.62. The van der Waals surface area contributed by atoms with E-state index >= 15 is 0 Å². The fraction of sp³-hybridized carbons (Fsp3) is 0.647. The summed E-state index contributed by atoms with van der Waals surface area (Å²) in [5.74, 6) is 0.875. The van der Waals surface area contributed by atoms with E-state index in [0.717, 1.165) is 35.3 Å². The molecule has 1 saturated heterocycles. The van der Waals surface area contributed by atoms with Crippen molar-refractivity contribution in [2.75, 3.05) is 18.0 Å². The van der Waals surface area contributed by atoms with Gasteiger partial charge in [0.05, 0.1) is 16.8 Å². The molecule has 112 valence electrons. The molecule has 0 bridgehead atoms. The van der Waals surface area contributed by atoms with Crippen molar-refractivity contribution in [3.8, 4) is 0 Å². The van der Waals surface area contributed by atoms with Gasteiger partial charge in [-0.25, -0.2) is 0 Å². The van der Waals surface area contributed by atoms with Crippen LogP contribution in [-0.2, 0) is 0 Å². The molecule has 20 heavy (non-hydrogen) atoms. The monoisotopic (exact) mass is 295 g/mol. The summed E-state index contributed by atoms with van der Waals surface area (Å²) < 4.78 is 0. The van der Waals surface area contributed by atoms with Crippen molar-refractivity contribution in [1.82, 2.24) is 0 Å². The van der Waals surface area contributed by atoms with Crippen molar-refractivity contribution in [1.29, 1.82) is 0 Å². The Hall–Kier alpha value is -0.730. The van der Waals surface area contributed by atoms with Crippen LogP contribution in [0, 0.1) is 5.92 Å². The second-order valence-electron chi connectivity index (χ2n) is 5.96. The molecule has 0 aromatic heterocycles. The van der Waals surface area contributed by atoms with Gasteiger partial charge in [-0.05, 0) is 49.8 Å². The number of aliphatic hydroxyl groups is 1. The molecule has 0 aliphatic carbocycles. The molecule has 1 unspecified atom stereocenters. The number of aliphatic hydroxyl groups excluding tert-OH is 1. The quantitative estimate of drug-likeness (QED) is 0.862. The molecule has 1 aliphatic rings. The maximum Gasteiger partial charge on any atom is 0.0762 e. The van der Waals surface area contributed by atoms with E-state index in [1.54, 1.807) is 6.92 Å². The van der Waals surface area contributed by atoms with Gasteiger partial charge in [-0.15, -0.1) is 0 Å². The lowest BCUT2D eigenvalue weighted by molar-refractivity contribution is 0.199. The number of rotatable bonds is 4. The van der Waals surface area contributed by atoms with Gasteiger partial charge in [0.15, 0.2) is 0 Å². The smallest absolute Gasteiger partial charge is 0.0762 e. The highest BCUT2D eigenvalue weighted by molar-refractivity contribution is 6.33. The van der Waals surface area contributed by atoms with Crippen LogP contribution in [0.3, 0.4) is 0 Å². The van der Waals surface area contributed by atoms with Gasteiger partial charge in [0.25, 0.3) is 0 Å². The number of benzene rings is 1. The summed E-state index contributed by atoms with van der Waals surface area (Å²) >= 11 is 6.40. The minimum atomic E-state index is -0.459. The average molecular weight is 296 g/mol. The number of anilines is 1. The minimum Gasteiger partial charge on any atom is -0.389 e. The van der Waals surface area contributed by atoms with Crippen LogP contribution in [0.1, 0.15) is 57.6 Å². The van der Waals surface area contributed by atoms with E-state index in [0.29, 0.717) is 0 Å². The first kappa shape index (κ1) is 15.7. The van der Waals surface area contributed by atoms with Gasteiger partial charge in [-0.1, -0.05) is 37.4 Å². The minimum absolute atomic E-state index is 0.459. The largest absolute Gasteiger partial charge is 0.389 e. The van der Waals surface area contributed by atoms with Crippen molar-refractivity contribution < 1.29 is 5.11 Å². The van der Waals surface area contributed by atoms with Gasteiger partial charge in [-0.3, -0.25) is 0 Å². The number of hydrogen-bond donors (Lipinski definition) is 1. The second-order valence-corrected chi connectivity index (χ2v) is 6.37. The molecule has 3 heteroatoms. The van der Waals surface area contributed by atoms with Crippen LogP contribution >= 0.6 is 11.6 Å². The van der Waals surface area contributed by atoms with Gasteiger partial charge in [0.2, 0.25) is 0 Å². The number of hydrogen-bond acceptors (Lipinski definition) is 2.